The minimum absolute atomic E-state index is 0.222. The normalized spacial score (nSPS) is 11.9. The van der Waals surface area contributed by atoms with E-state index in [0.717, 1.165) is 16.6 Å². The summed E-state index contributed by atoms with van der Waals surface area (Å²) in [6.45, 7) is 2.08. The van der Waals surface area contributed by atoms with Gasteiger partial charge in [-0.2, -0.15) is 0 Å². The number of carboxylic acid groups (broad SMARTS) is 1. The van der Waals surface area contributed by atoms with Crippen LogP contribution < -0.4 is 5.32 Å². The lowest BCUT2D eigenvalue weighted by Gasteiger charge is -2.15. The SMILES string of the molecule is CC(Cc1ccc(Br)cc1)Nc1cccc(C(=O)O)c1. The van der Waals surface area contributed by atoms with Crippen molar-refractivity contribution in [2.75, 3.05) is 5.32 Å². The first-order chi connectivity index (χ1) is 9.54. The summed E-state index contributed by atoms with van der Waals surface area (Å²) >= 11 is 3.42. The topological polar surface area (TPSA) is 49.3 Å². The van der Waals surface area contributed by atoms with E-state index >= 15 is 0 Å². The predicted molar refractivity (Wildman–Crippen MR) is 84.3 cm³/mol. The highest BCUT2D eigenvalue weighted by molar-refractivity contribution is 9.10. The molecule has 0 heterocycles. The monoisotopic (exact) mass is 333 g/mol. The second-order valence-corrected chi connectivity index (χ2v) is 5.68. The summed E-state index contributed by atoms with van der Waals surface area (Å²) in [6, 6.07) is 15.3. The van der Waals surface area contributed by atoms with Crippen LogP contribution in [-0.4, -0.2) is 17.1 Å². The van der Waals surface area contributed by atoms with E-state index in [1.807, 2.05) is 18.2 Å². The number of anilines is 1. The number of nitrogens with one attached hydrogen (secondary N) is 1. The molecular formula is C16H16BrNO2. The third kappa shape index (κ3) is 4.10. The van der Waals surface area contributed by atoms with Gasteiger partial charge in [-0.05, 0) is 49.2 Å². The molecule has 2 rings (SSSR count). The van der Waals surface area contributed by atoms with Crippen molar-refractivity contribution in [3.8, 4) is 0 Å². The van der Waals surface area contributed by atoms with E-state index in [2.05, 4.69) is 40.3 Å². The lowest BCUT2D eigenvalue weighted by molar-refractivity contribution is 0.0697. The van der Waals surface area contributed by atoms with Crippen LogP contribution in [0.4, 0.5) is 5.69 Å². The molecule has 4 heteroatoms. The van der Waals surface area contributed by atoms with Crippen LogP contribution in [0, 0.1) is 0 Å². The number of carboxylic acids is 1. The van der Waals surface area contributed by atoms with Crippen LogP contribution in [0.1, 0.15) is 22.8 Å². The minimum atomic E-state index is -0.908. The van der Waals surface area contributed by atoms with Gasteiger partial charge in [0.15, 0.2) is 0 Å². The van der Waals surface area contributed by atoms with Gasteiger partial charge in [-0.1, -0.05) is 34.1 Å². The molecule has 0 spiro atoms. The standard InChI is InChI=1S/C16H16BrNO2/c1-11(9-12-5-7-14(17)8-6-12)18-15-4-2-3-13(10-15)16(19)20/h2-8,10-11,18H,9H2,1H3,(H,19,20). The van der Waals surface area contributed by atoms with Crippen molar-refractivity contribution in [1.82, 2.24) is 0 Å². The second-order valence-electron chi connectivity index (χ2n) is 4.76. The molecule has 0 radical (unpaired) electrons. The molecule has 0 aliphatic heterocycles. The number of hydrogen-bond donors (Lipinski definition) is 2. The highest BCUT2D eigenvalue weighted by Crippen LogP contribution is 2.15. The predicted octanol–water partition coefficient (Wildman–Crippen LogP) is 4.19. The van der Waals surface area contributed by atoms with Crippen molar-refractivity contribution in [2.45, 2.75) is 19.4 Å². The van der Waals surface area contributed by atoms with Gasteiger partial charge in [0, 0.05) is 16.2 Å². The summed E-state index contributed by atoms with van der Waals surface area (Å²) in [4.78, 5) is 10.9. The fourth-order valence-electron chi connectivity index (χ4n) is 2.05. The van der Waals surface area contributed by atoms with Gasteiger partial charge in [-0.25, -0.2) is 4.79 Å². The van der Waals surface area contributed by atoms with Crippen molar-refractivity contribution in [3.05, 3.63) is 64.1 Å². The lowest BCUT2D eigenvalue weighted by atomic mass is 10.1. The highest BCUT2D eigenvalue weighted by Gasteiger charge is 2.06. The average molecular weight is 334 g/mol. The first-order valence-electron chi connectivity index (χ1n) is 6.39. The summed E-state index contributed by atoms with van der Waals surface area (Å²) in [6.07, 6.45) is 0.880. The molecule has 0 fully saturated rings. The second kappa shape index (κ2) is 6.57. The zero-order valence-corrected chi connectivity index (χ0v) is 12.7. The Bertz CT molecular complexity index is 596. The summed E-state index contributed by atoms with van der Waals surface area (Å²) in [5, 5.41) is 12.3. The van der Waals surface area contributed by atoms with E-state index in [1.165, 1.54) is 5.56 Å². The number of halogens is 1. The molecule has 2 aromatic carbocycles. The van der Waals surface area contributed by atoms with Crippen LogP contribution in [-0.2, 0) is 6.42 Å². The molecule has 0 saturated carbocycles. The maximum Gasteiger partial charge on any atom is 0.335 e. The Balaban J connectivity index is 2.00. The maximum absolute atomic E-state index is 10.9. The quantitative estimate of drug-likeness (QED) is 0.862. The highest BCUT2D eigenvalue weighted by atomic mass is 79.9. The molecule has 0 aliphatic carbocycles. The van der Waals surface area contributed by atoms with Crippen LogP contribution in [0.5, 0.6) is 0 Å². The smallest absolute Gasteiger partial charge is 0.335 e. The van der Waals surface area contributed by atoms with Crippen molar-refractivity contribution in [1.29, 1.82) is 0 Å². The molecule has 0 aliphatic rings. The van der Waals surface area contributed by atoms with Gasteiger partial charge in [0.05, 0.1) is 5.56 Å². The molecule has 2 N–H and O–H groups in total. The third-order valence-electron chi connectivity index (χ3n) is 2.98. The summed E-state index contributed by atoms with van der Waals surface area (Å²) in [5.74, 6) is -0.908. The molecule has 2 aromatic rings. The molecule has 0 saturated heterocycles. The van der Waals surface area contributed by atoms with Gasteiger partial charge in [-0.3, -0.25) is 0 Å². The van der Waals surface area contributed by atoms with Crippen LogP contribution >= 0.6 is 15.9 Å². The molecular weight excluding hydrogens is 318 g/mol. The molecule has 1 atom stereocenters. The number of aromatic carboxylic acids is 1. The molecule has 20 heavy (non-hydrogen) atoms. The van der Waals surface area contributed by atoms with Gasteiger partial charge in [0.2, 0.25) is 0 Å². The van der Waals surface area contributed by atoms with Crippen molar-refractivity contribution >= 4 is 27.6 Å². The third-order valence-corrected chi connectivity index (χ3v) is 3.51. The van der Waals surface area contributed by atoms with E-state index in [-0.39, 0.29) is 6.04 Å². The first-order valence-corrected chi connectivity index (χ1v) is 7.18. The molecule has 0 aromatic heterocycles. The Kier molecular flexibility index (Phi) is 4.79. The Labute approximate surface area is 126 Å². The van der Waals surface area contributed by atoms with Gasteiger partial charge in [-0.15, -0.1) is 0 Å². The van der Waals surface area contributed by atoms with Gasteiger partial charge < -0.3 is 10.4 Å². The van der Waals surface area contributed by atoms with E-state index in [9.17, 15) is 4.79 Å². The van der Waals surface area contributed by atoms with Gasteiger partial charge in [0.1, 0.15) is 0 Å². The molecule has 3 nitrogen and oxygen atoms in total. The Morgan fingerprint density at radius 1 is 1.25 bits per heavy atom. The number of hydrogen-bond acceptors (Lipinski definition) is 2. The van der Waals surface area contributed by atoms with Crippen LogP contribution in [0.2, 0.25) is 0 Å². The fourth-order valence-corrected chi connectivity index (χ4v) is 2.32. The lowest BCUT2D eigenvalue weighted by Crippen LogP contribution is -2.18. The molecule has 1 unspecified atom stereocenters. The molecule has 104 valence electrons. The number of benzene rings is 2. The van der Waals surface area contributed by atoms with Gasteiger partial charge in [0.25, 0.3) is 0 Å². The zero-order valence-electron chi connectivity index (χ0n) is 11.1. The van der Waals surface area contributed by atoms with Crippen molar-refractivity contribution in [3.63, 3.8) is 0 Å². The van der Waals surface area contributed by atoms with E-state index in [1.54, 1.807) is 18.2 Å². The van der Waals surface area contributed by atoms with Crippen molar-refractivity contribution < 1.29 is 9.90 Å². The van der Waals surface area contributed by atoms with Crippen molar-refractivity contribution in [2.24, 2.45) is 0 Å². The summed E-state index contributed by atoms with van der Waals surface area (Å²) in [5.41, 5.74) is 2.36. The summed E-state index contributed by atoms with van der Waals surface area (Å²) < 4.78 is 1.07. The minimum Gasteiger partial charge on any atom is -0.478 e. The number of carbonyl (C=O) groups is 1. The Morgan fingerprint density at radius 3 is 2.60 bits per heavy atom. The Morgan fingerprint density at radius 2 is 1.95 bits per heavy atom. The zero-order chi connectivity index (χ0) is 14.5. The largest absolute Gasteiger partial charge is 0.478 e. The van der Waals surface area contributed by atoms with E-state index < -0.39 is 5.97 Å². The summed E-state index contributed by atoms with van der Waals surface area (Å²) in [7, 11) is 0. The fraction of sp³-hybridized carbons (Fsp3) is 0.188. The van der Waals surface area contributed by atoms with Crippen LogP contribution in [0.25, 0.3) is 0 Å². The average Bonchev–Trinajstić information content (AvgIpc) is 2.41. The molecule has 0 amide bonds. The van der Waals surface area contributed by atoms with E-state index in [4.69, 9.17) is 5.11 Å². The van der Waals surface area contributed by atoms with Crippen LogP contribution in [0.3, 0.4) is 0 Å². The Hall–Kier alpha value is -1.81. The maximum atomic E-state index is 10.9. The van der Waals surface area contributed by atoms with E-state index in [0.29, 0.717) is 5.56 Å². The number of rotatable bonds is 5. The van der Waals surface area contributed by atoms with Gasteiger partial charge >= 0.3 is 5.97 Å². The molecule has 0 bridgehead atoms. The van der Waals surface area contributed by atoms with Crippen LogP contribution in [0.15, 0.2) is 53.0 Å². The first kappa shape index (κ1) is 14.6.